The van der Waals surface area contributed by atoms with Gasteiger partial charge in [-0.3, -0.25) is 4.79 Å². The van der Waals surface area contributed by atoms with Gasteiger partial charge in [0.1, 0.15) is 12.2 Å². The molecule has 1 saturated heterocycles. The van der Waals surface area contributed by atoms with Crippen molar-refractivity contribution in [2.75, 3.05) is 6.61 Å². The Kier molecular flexibility index (Phi) is 35.9. The van der Waals surface area contributed by atoms with E-state index in [2.05, 4.69) is 66.1 Å². The number of hydrogen-bond donors (Lipinski definition) is 5. The zero-order chi connectivity index (χ0) is 94.5. The molecule has 0 bridgehead atoms. The third kappa shape index (κ3) is 24.8. The molecular formula is C63H75F35O18. The Balaban J connectivity index is -0.00000140. The molecule has 1 heterocycles. The minimum Gasteiger partial charge on any atom is -0.459 e. The van der Waals surface area contributed by atoms with Crippen molar-refractivity contribution in [3.05, 3.63) is 60.8 Å². The fourth-order valence-electron chi connectivity index (χ4n) is 9.62. The molecule has 1 aliphatic carbocycles. The average molecular weight is 1790 g/mol. The second-order valence-electron chi connectivity index (χ2n) is 27.7. The van der Waals surface area contributed by atoms with Crippen molar-refractivity contribution >= 4 is 35.8 Å². The number of esters is 6. The fourth-order valence-corrected chi connectivity index (χ4v) is 9.62. The standard InChI is InChI=1S/C16H16F12O4.C14H18F6O4.C13H18F6O3.C10H12F6O3.C10H11F5O4/c1-6(2)10(29)32-9-4-7(11(30,13(17,18)19)14(20,21)22)3-8(5-9)12(31,15(23,24)25)16(26,27)28;1-7(2)9(21)23-11(5,6)12(13(15,16)17,14(18,19)20)24-10(22)8(3)4;1-7(2)5-9(22-10(20)8(3)4)6-11(21,12(14,15)16)13(17,18)19;1-5(2)6(17)19-7(3,4)8(18,9(11,12)13)10(14,15)16;1-5(2)6(16)19-7(3)4-18-9(17,8(7,11)12)10(13,14)15/h7-9,30-31H,1,3-5H2,2H3;8H,1H2,2-6H3;7,9,21H,3,5-6H2,1-2,4H3;18H,1H2,2-4H3;17H,1,4H2,2-3H3. The van der Waals surface area contributed by atoms with E-state index >= 15 is 0 Å². The Morgan fingerprint density at radius 1 is 0.440 bits per heavy atom. The molecule has 1 aliphatic heterocycles. The minimum absolute atomic E-state index is 0.170. The molecule has 5 unspecified atom stereocenters. The molecule has 5 N–H and O–H groups in total. The summed E-state index contributed by atoms with van der Waals surface area (Å²) in [5.41, 5.74) is -38.0. The van der Waals surface area contributed by atoms with Crippen molar-refractivity contribution in [3.63, 3.8) is 0 Å². The van der Waals surface area contributed by atoms with Crippen LogP contribution in [0.4, 0.5) is 154 Å². The van der Waals surface area contributed by atoms with E-state index < -0.39 is 239 Å². The van der Waals surface area contributed by atoms with Gasteiger partial charge in [-0.15, -0.1) is 0 Å². The molecule has 2 fully saturated rings. The van der Waals surface area contributed by atoms with E-state index in [1.807, 2.05) is 0 Å². The largest absolute Gasteiger partial charge is 0.459 e. The second kappa shape index (κ2) is 36.8. The highest BCUT2D eigenvalue weighted by atomic mass is 19.5. The lowest BCUT2D eigenvalue weighted by atomic mass is 9.65. The van der Waals surface area contributed by atoms with E-state index in [1.54, 1.807) is 0 Å². The molecule has 0 amide bonds. The molecule has 2 aliphatic rings. The van der Waals surface area contributed by atoms with E-state index in [0.29, 0.717) is 34.6 Å². The molecule has 18 nitrogen and oxygen atoms in total. The van der Waals surface area contributed by atoms with Crippen LogP contribution in [0, 0.1) is 23.7 Å². The molecule has 0 radical (unpaired) electrons. The number of rotatable bonds is 20. The molecule has 0 aromatic rings. The van der Waals surface area contributed by atoms with Gasteiger partial charge in [0, 0.05) is 46.1 Å². The predicted octanol–water partition coefficient (Wildman–Crippen LogP) is 16.8. The van der Waals surface area contributed by atoms with Crippen LogP contribution in [0.3, 0.4) is 0 Å². The normalized spacial score (nSPS) is 20.3. The molecule has 0 aromatic heterocycles. The highest BCUT2D eigenvalue weighted by molar-refractivity contribution is 5.89. The maximum Gasteiger partial charge on any atom is 0.449 e. The monoisotopic (exact) mass is 1780 g/mol. The molecular weight excluding hydrogens is 1710 g/mol. The fraction of sp³-hybridized carbons (Fsp3) is 0.746. The first-order chi connectivity index (χ1) is 50.3. The van der Waals surface area contributed by atoms with Crippen molar-refractivity contribution in [2.24, 2.45) is 23.7 Å². The first-order valence-corrected chi connectivity index (χ1v) is 31.3. The molecule has 2 rings (SSSR count). The van der Waals surface area contributed by atoms with Crippen LogP contribution >= 0.6 is 0 Å². The maximum atomic E-state index is 13.8. The lowest BCUT2D eigenvalue weighted by molar-refractivity contribution is -0.409. The van der Waals surface area contributed by atoms with Gasteiger partial charge in [0.05, 0.1) is 12.5 Å². The summed E-state index contributed by atoms with van der Waals surface area (Å²) in [5.74, 6) is -26.6. The lowest BCUT2D eigenvalue weighted by Gasteiger charge is -2.48. The topological polar surface area (TPSA) is 268 Å². The zero-order valence-corrected chi connectivity index (χ0v) is 62.0. The minimum atomic E-state index is -6.59. The van der Waals surface area contributed by atoms with Crippen molar-refractivity contribution < 1.29 is 241 Å². The van der Waals surface area contributed by atoms with Crippen LogP contribution in [0.25, 0.3) is 0 Å². The van der Waals surface area contributed by atoms with Gasteiger partial charge in [-0.1, -0.05) is 60.6 Å². The number of halogens is 35. The Labute approximate surface area is 632 Å². The molecule has 680 valence electrons. The van der Waals surface area contributed by atoms with Crippen molar-refractivity contribution in [3.8, 4) is 0 Å². The van der Waals surface area contributed by atoms with Crippen LogP contribution in [0.15, 0.2) is 60.8 Å². The van der Waals surface area contributed by atoms with Gasteiger partial charge in [0.2, 0.25) is 5.60 Å². The maximum absolute atomic E-state index is 13.8. The van der Waals surface area contributed by atoms with Gasteiger partial charge < -0.3 is 58.7 Å². The van der Waals surface area contributed by atoms with E-state index in [1.165, 1.54) is 20.8 Å². The molecule has 5 atom stereocenters. The van der Waals surface area contributed by atoms with Crippen molar-refractivity contribution in [2.45, 2.75) is 266 Å². The van der Waals surface area contributed by atoms with Crippen LogP contribution in [-0.2, 0) is 61.9 Å². The Hall–Kier alpha value is -7.17. The molecule has 0 spiro atoms. The van der Waals surface area contributed by atoms with Crippen molar-refractivity contribution in [1.29, 1.82) is 0 Å². The van der Waals surface area contributed by atoms with Crippen LogP contribution < -0.4 is 0 Å². The summed E-state index contributed by atoms with van der Waals surface area (Å²) in [6, 6.07) is 0. The SMILES string of the molecule is C=C(C)C(=O)OC(C)(C)C(O)(C(F)(F)F)C(F)(F)F.C=C(C)C(=O)OC(C)(C)C(OC(=O)C(C)C)(C(F)(F)F)C(F)(F)F.C=C(C)C(=O)OC(CC(C)C)CC(O)(C(F)(F)F)C(F)(F)F.C=C(C)C(=O)OC1(C)COC(O)(C(F)(F)F)C1(F)F.C=C(C)C(=O)OC1CC(C(O)(C(F)(F)F)C(F)(F)F)CC(C(O)(C(F)(F)F)C(F)(F)F)C1. The Morgan fingerprint density at radius 3 is 0.991 bits per heavy atom. The van der Waals surface area contributed by atoms with Gasteiger partial charge in [0.15, 0.2) is 11.2 Å². The van der Waals surface area contributed by atoms with E-state index in [-0.39, 0.29) is 23.5 Å². The number of aliphatic hydroxyl groups is 5. The average Bonchev–Trinajstić information content (AvgIpc) is 1.22. The van der Waals surface area contributed by atoms with E-state index in [9.17, 15) is 193 Å². The summed E-state index contributed by atoms with van der Waals surface area (Å²) in [6.07, 6.45) is -80.0. The number of ether oxygens (including phenoxy) is 7. The van der Waals surface area contributed by atoms with E-state index in [0.717, 1.165) is 41.5 Å². The van der Waals surface area contributed by atoms with Gasteiger partial charge >= 0.3 is 121 Å². The first kappa shape index (κ1) is 113. The summed E-state index contributed by atoms with van der Waals surface area (Å²) in [6.45, 7) is 26.6. The highest BCUT2D eigenvalue weighted by Gasteiger charge is 2.85. The second-order valence-corrected chi connectivity index (χ2v) is 27.7. The van der Waals surface area contributed by atoms with Crippen LogP contribution in [0.2, 0.25) is 0 Å². The first-order valence-electron chi connectivity index (χ1n) is 31.3. The molecule has 0 aromatic carbocycles. The summed E-state index contributed by atoms with van der Waals surface area (Å²) in [4.78, 5) is 68.2. The molecule has 1 saturated carbocycles. The number of carbonyl (C=O) groups is 6. The van der Waals surface area contributed by atoms with Gasteiger partial charge in [-0.05, 0) is 101 Å². The third-order valence-electron chi connectivity index (χ3n) is 16.2. The predicted molar refractivity (Wildman–Crippen MR) is 319 cm³/mol. The molecule has 53 heteroatoms. The van der Waals surface area contributed by atoms with Crippen molar-refractivity contribution in [1.82, 2.24) is 0 Å². The quantitative estimate of drug-likeness (QED) is 0.0328. The third-order valence-corrected chi connectivity index (χ3v) is 16.2. The van der Waals surface area contributed by atoms with Gasteiger partial charge in [-0.2, -0.15) is 154 Å². The Bertz CT molecular complexity index is 3350. The zero-order valence-electron chi connectivity index (χ0n) is 62.0. The van der Waals surface area contributed by atoms with E-state index in [4.69, 9.17) is 15.3 Å². The van der Waals surface area contributed by atoms with Gasteiger partial charge in [-0.25, -0.2) is 24.0 Å². The van der Waals surface area contributed by atoms with Crippen LogP contribution in [0.5, 0.6) is 0 Å². The summed E-state index contributed by atoms with van der Waals surface area (Å²) in [7, 11) is 0. The van der Waals surface area contributed by atoms with Crippen LogP contribution in [0.1, 0.15) is 129 Å². The lowest BCUT2D eigenvalue weighted by Crippen LogP contribution is -2.72. The summed E-state index contributed by atoms with van der Waals surface area (Å²) >= 11 is 0. The number of alkyl halides is 35. The Morgan fingerprint density at radius 2 is 0.750 bits per heavy atom. The number of hydrogen-bond acceptors (Lipinski definition) is 18. The summed E-state index contributed by atoms with van der Waals surface area (Å²) in [5, 5.41) is 46.3. The smallest absolute Gasteiger partial charge is 0.449 e. The highest BCUT2D eigenvalue weighted by Crippen LogP contribution is 2.60. The van der Waals surface area contributed by atoms with Crippen LogP contribution in [-0.4, -0.2) is 205 Å². The number of carbonyl (C=O) groups excluding carboxylic acids is 6. The molecule has 116 heavy (non-hydrogen) atoms. The van der Waals surface area contributed by atoms with Gasteiger partial charge in [0.25, 0.3) is 22.4 Å². The summed E-state index contributed by atoms with van der Waals surface area (Å²) < 4.78 is 485.